The van der Waals surface area contributed by atoms with Gasteiger partial charge in [0.05, 0.1) is 5.69 Å². The summed E-state index contributed by atoms with van der Waals surface area (Å²) in [5, 5.41) is 14.9. The normalized spacial score (nSPS) is 27.9. The molecule has 1 aromatic rings. The summed E-state index contributed by atoms with van der Waals surface area (Å²) in [6.45, 7) is 5.31. The van der Waals surface area contributed by atoms with Crippen LogP contribution in [0, 0.1) is 0 Å². The van der Waals surface area contributed by atoms with Gasteiger partial charge in [0.15, 0.2) is 0 Å². The first kappa shape index (κ1) is 11.6. The highest BCUT2D eigenvalue weighted by Gasteiger charge is 2.33. The first-order valence-electron chi connectivity index (χ1n) is 6.09. The maximum absolute atomic E-state index is 10.7. The Kier molecular flexibility index (Phi) is 3.30. The van der Waals surface area contributed by atoms with E-state index >= 15 is 0 Å². The number of likely N-dealkylation sites (tertiary alicyclic amines) is 1. The molecule has 0 bridgehead atoms. The number of hydrogen-bond acceptors (Lipinski definition) is 3. The molecule has 4 nitrogen and oxygen atoms in total. The van der Waals surface area contributed by atoms with Gasteiger partial charge in [-0.15, -0.1) is 0 Å². The predicted molar refractivity (Wildman–Crippen MR) is 63.1 cm³/mol. The number of hydrogen-bond donors (Lipinski definition) is 1. The van der Waals surface area contributed by atoms with Crippen LogP contribution in [0.4, 0.5) is 0 Å². The molecule has 2 rings (SSSR count). The molecule has 0 amide bonds. The summed E-state index contributed by atoms with van der Waals surface area (Å²) in [7, 11) is 1.90. The molecular weight excluding hydrogens is 202 g/mol. The largest absolute Gasteiger partial charge is 0.384 e. The second-order valence-electron chi connectivity index (χ2n) is 4.66. The molecule has 1 aliphatic heterocycles. The molecule has 1 saturated heterocycles. The van der Waals surface area contributed by atoms with Gasteiger partial charge in [0.1, 0.15) is 5.60 Å². The number of aliphatic hydroxyl groups is 1. The Morgan fingerprint density at radius 1 is 1.44 bits per heavy atom. The van der Waals surface area contributed by atoms with Gasteiger partial charge in [0.2, 0.25) is 0 Å². The summed E-state index contributed by atoms with van der Waals surface area (Å²) < 4.78 is 1.79. The van der Waals surface area contributed by atoms with Gasteiger partial charge in [0, 0.05) is 19.8 Å². The standard InChI is InChI=1S/C12H21N3O/c1-3-15-9-4-6-12(16,7-10-15)11-5-8-13-14(11)2/h5,8,16H,3-4,6-7,9-10H2,1-2H3. The lowest BCUT2D eigenvalue weighted by Gasteiger charge is -2.26. The lowest BCUT2D eigenvalue weighted by molar-refractivity contribution is 0.0135. The van der Waals surface area contributed by atoms with Crippen molar-refractivity contribution in [2.45, 2.75) is 31.8 Å². The second kappa shape index (κ2) is 4.55. The summed E-state index contributed by atoms with van der Waals surface area (Å²) in [6.07, 6.45) is 4.45. The van der Waals surface area contributed by atoms with Crippen LogP contribution in [0.5, 0.6) is 0 Å². The van der Waals surface area contributed by atoms with Crippen LogP contribution in [0.3, 0.4) is 0 Å². The van der Waals surface area contributed by atoms with Crippen molar-refractivity contribution in [3.63, 3.8) is 0 Å². The van der Waals surface area contributed by atoms with Gasteiger partial charge >= 0.3 is 0 Å². The van der Waals surface area contributed by atoms with E-state index in [4.69, 9.17) is 0 Å². The van der Waals surface area contributed by atoms with Gasteiger partial charge in [-0.05, 0) is 38.4 Å². The van der Waals surface area contributed by atoms with Gasteiger partial charge in [-0.1, -0.05) is 6.92 Å². The molecule has 90 valence electrons. The number of aryl methyl sites for hydroxylation is 1. The first-order chi connectivity index (χ1) is 7.65. The van der Waals surface area contributed by atoms with E-state index in [1.807, 2.05) is 13.1 Å². The van der Waals surface area contributed by atoms with Crippen molar-refractivity contribution >= 4 is 0 Å². The zero-order valence-corrected chi connectivity index (χ0v) is 10.2. The molecule has 0 aromatic carbocycles. The monoisotopic (exact) mass is 223 g/mol. The van der Waals surface area contributed by atoms with E-state index < -0.39 is 5.60 Å². The number of rotatable bonds is 2. The van der Waals surface area contributed by atoms with Gasteiger partial charge in [-0.2, -0.15) is 5.10 Å². The lowest BCUT2D eigenvalue weighted by Crippen LogP contribution is -2.31. The maximum Gasteiger partial charge on any atom is 0.107 e. The van der Waals surface area contributed by atoms with E-state index in [9.17, 15) is 5.11 Å². The Bertz CT molecular complexity index is 350. The SMILES string of the molecule is CCN1CCCC(O)(c2ccnn2C)CC1. The molecule has 16 heavy (non-hydrogen) atoms. The third-order valence-corrected chi connectivity index (χ3v) is 3.65. The van der Waals surface area contributed by atoms with E-state index in [1.165, 1.54) is 0 Å². The third kappa shape index (κ3) is 2.13. The Labute approximate surface area is 96.9 Å². The summed E-state index contributed by atoms with van der Waals surface area (Å²) in [4.78, 5) is 2.40. The van der Waals surface area contributed by atoms with E-state index in [0.717, 1.165) is 44.6 Å². The molecule has 1 aromatic heterocycles. The van der Waals surface area contributed by atoms with E-state index in [1.54, 1.807) is 10.9 Å². The van der Waals surface area contributed by atoms with Crippen LogP contribution in [-0.2, 0) is 12.6 Å². The van der Waals surface area contributed by atoms with Crippen LogP contribution in [0.15, 0.2) is 12.3 Å². The van der Waals surface area contributed by atoms with Gasteiger partial charge in [-0.3, -0.25) is 4.68 Å². The van der Waals surface area contributed by atoms with Crippen molar-refractivity contribution in [3.8, 4) is 0 Å². The highest BCUT2D eigenvalue weighted by Crippen LogP contribution is 2.32. The zero-order chi connectivity index (χ0) is 11.6. The minimum Gasteiger partial charge on any atom is -0.384 e. The van der Waals surface area contributed by atoms with Crippen molar-refractivity contribution in [1.82, 2.24) is 14.7 Å². The van der Waals surface area contributed by atoms with Gasteiger partial charge < -0.3 is 10.0 Å². The maximum atomic E-state index is 10.7. The van der Waals surface area contributed by atoms with Gasteiger partial charge in [-0.25, -0.2) is 0 Å². The molecular formula is C12H21N3O. The van der Waals surface area contributed by atoms with Crippen LogP contribution in [0.2, 0.25) is 0 Å². The summed E-state index contributed by atoms with van der Waals surface area (Å²) in [6, 6.07) is 1.93. The molecule has 2 heterocycles. The number of aromatic nitrogens is 2. The van der Waals surface area contributed by atoms with E-state index in [0.29, 0.717) is 0 Å². The topological polar surface area (TPSA) is 41.3 Å². The molecule has 1 aliphatic rings. The molecule has 0 aliphatic carbocycles. The van der Waals surface area contributed by atoms with Crippen LogP contribution in [-0.4, -0.2) is 39.4 Å². The van der Waals surface area contributed by atoms with Gasteiger partial charge in [0.25, 0.3) is 0 Å². The smallest absolute Gasteiger partial charge is 0.107 e. The number of nitrogens with zero attached hydrogens (tertiary/aromatic N) is 3. The Morgan fingerprint density at radius 3 is 2.88 bits per heavy atom. The van der Waals surface area contributed by atoms with E-state index in [-0.39, 0.29) is 0 Å². The van der Waals surface area contributed by atoms with Crippen LogP contribution in [0.25, 0.3) is 0 Å². The van der Waals surface area contributed by atoms with Crippen molar-refractivity contribution in [2.75, 3.05) is 19.6 Å². The minimum absolute atomic E-state index is 0.685. The molecule has 1 N–H and O–H groups in total. The fourth-order valence-corrected chi connectivity index (χ4v) is 2.58. The summed E-state index contributed by atoms with van der Waals surface area (Å²) in [5.74, 6) is 0. The van der Waals surface area contributed by atoms with Crippen LogP contribution >= 0.6 is 0 Å². The average molecular weight is 223 g/mol. The lowest BCUT2D eigenvalue weighted by atomic mass is 9.91. The molecule has 0 saturated carbocycles. The molecule has 1 fully saturated rings. The Morgan fingerprint density at radius 2 is 2.25 bits per heavy atom. The zero-order valence-electron chi connectivity index (χ0n) is 10.2. The molecule has 1 unspecified atom stereocenters. The fraction of sp³-hybridized carbons (Fsp3) is 0.750. The van der Waals surface area contributed by atoms with Crippen molar-refractivity contribution in [3.05, 3.63) is 18.0 Å². The fourth-order valence-electron chi connectivity index (χ4n) is 2.58. The molecule has 0 spiro atoms. The predicted octanol–water partition coefficient (Wildman–Crippen LogP) is 1.11. The second-order valence-corrected chi connectivity index (χ2v) is 4.66. The average Bonchev–Trinajstić information content (AvgIpc) is 2.60. The molecule has 0 radical (unpaired) electrons. The molecule has 4 heteroatoms. The minimum atomic E-state index is -0.685. The van der Waals surface area contributed by atoms with Crippen molar-refractivity contribution in [2.24, 2.45) is 7.05 Å². The third-order valence-electron chi connectivity index (χ3n) is 3.65. The highest BCUT2D eigenvalue weighted by atomic mass is 16.3. The Hall–Kier alpha value is -0.870. The molecule has 1 atom stereocenters. The Balaban J connectivity index is 2.16. The highest BCUT2D eigenvalue weighted by molar-refractivity contribution is 5.12. The van der Waals surface area contributed by atoms with Crippen LogP contribution < -0.4 is 0 Å². The summed E-state index contributed by atoms with van der Waals surface area (Å²) >= 11 is 0. The quantitative estimate of drug-likeness (QED) is 0.816. The van der Waals surface area contributed by atoms with Crippen molar-refractivity contribution in [1.29, 1.82) is 0 Å². The summed E-state index contributed by atoms with van der Waals surface area (Å²) in [5.41, 5.74) is 0.264. The van der Waals surface area contributed by atoms with E-state index in [2.05, 4.69) is 16.9 Å². The first-order valence-corrected chi connectivity index (χ1v) is 6.09. The van der Waals surface area contributed by atoms with Crippen molar-refractivity contribution < 1.29 is 5.11 Å². The van der Waals surface area contributed by atoms with Crippen LogP contribution in [0.1, 0.15) is 31.9 Å².